The lowest BCUT2D eigenvalue weighted by Gasteiger charge is -2.34. The van der Waals surface area contributed by atoms with E-state index in [9.17, 15) is 4.79 Å². The fourth-order valence-electron chi connectivity index (χ4n) is 2.81. The molecule has 1 saturated heterocycles. The fraction of sp³-hybridized carbons (Fsp3) is 0.429. The molecule has 0 bridgehead atoms. The lowest BCUT2D eigenvalue weighted by molar-refractivity contribution is -0.117. The summed E-state index contributed by atoms with van der Waals surface area (Å²) in [5, 5.41) is 0. The largest absolute Gasteiger partial charge is 0.352 e. The number of amidine groups is 1. The van der Waals surface area contributed by atoms with Crippen molar-refractivity contribution in [1.29, 1.82) is 0 Å². The van der Waals surface area contributed by atoms with Crippen molar-refractivity contribution >= 4 is 17.3 Å². The number of fused-ring (bicyclic) bond motifs is 2. The van der Waals surface area contributed by atoms with E-state index in [0.29, 0.717) is 6.42 Å². The van der Waals surface area contributed by atoms with Gasteiger partial charge >= 0.3 is 0 Å². The first-order valence-electron chi connectivity index (χ1n) is 6.18. The molecule has 2 aliphatic rings. The van der Waals surface area contributed by atoms with Crippen LogP contribution in [-0.4, -0.2) is 23.1 Å². The number of rotatable bonds is 2. The maximum absolute atomic E-state index is 11.4. The van der Waals surface area contributed by atoms with Crippen molar-refractivity contribution in [2.75, 3.05) is 6.54 Å². The second kappa shape index (κ2) is 3.99. The summed E-state index contributed by atoms with van der Waals surface area (Å²) < 4.78 is 0. The van der Waals surface area contributed by atoms with Gasteiger partial charge in [0.25, 0.3) is 0 Å². The monoisotopic (exact) mass is 228 g/mol. The highest BCUT2D eigenvalue weighted by atomic mass is 16.1. The number of Topliss-reactive ketones (excluding diaryl/α,β-unsaturated/α-hetero) is 1. The maximum atomic E-state index is 11.4. The number of ketones is 1. The number of carbonyl (C=O) groups is 1. The van der Waals surface area contributed by atoms with Gasteiger partial charge in [0.05, 0.1) is 11.7 Å². The zero-order valence-electron chi connectivity index (χ0n) is 10.0. The third-order valence-corrected chi connectivity index (χ3v) is 3.53. The lowest BCUT2D eigenvalue weighted by atomic mass is 9.97. The average Bonchev–Trinajstić information content (AvgIpc) is 2.76. The number of hydrogen-bond donors (Lipinski definition) is 0. The second-order valence-corrected chi connectivity index (χ2v) is 4.81. The molecule has 0 aromatic heterocycles. The zero-order valence-corrected chi connectivity index (χ0v) is 10.0. The quantitative estimate of drug-likeness (QED) is 0.779. The van der Waals surface area contributed by atoms with Crippen molar-refractivity contribution < 1.29 is 4.79 Å². The van der Waals surface area contributed by atoms with Gasteiger partial charge in [-0.3, -0.25) is 4.79 Å². The molecule has 17 heavy (non-hydrogen) atoms. The van der Waals surface area contributed by atoms with Crippen molar-refractivity contribution in [1.82, 2.24) is 4.90 Å². The van der Waals surface area contributed by atoms with E-state index in [2.05, 4.69) is 11.0 Å². The van der Waals surface area contributed by atoms with Crippen molar-refractivity contribution in [3.8, 4) is 0 Å². The molecular weight excluding hydrogens is 212 g/mol. The smallest absolute Gasteiger partial charge is 0.132 e. The molecule has 3 heteroatoms. The Labute approximate surface area is 101 Å². The molecule has 2 aliphatic heterocycles. The summed E-state index contributed by atoms with van der Waals surface area (Å²) in [6.07, 6.45) is 2.79. The van der Waals surface area contributed by atoms with E-state index in [1.54, 1.807) is 6.92 Å². The van der Waals surface area contributed by atoms with Gasteiger partial charge in [-0.25, -0.2) is 4.99 Å². The summed E-state index contributed by atoms with van der Waals surface area (Å²) >= 11 is 0. The van der Waals surface area contributed by atoms with Gasteiger partial charge in [-0.15, -0.1) is 0 Å². The molecule has 3 nitrogen and oxygen atoms in total. The molecule has 0 amide bonds. The molecular formula is C14H16N2O. The van der Waals surface area contributed by atoms with Gasteiger partial charge in [-0.1, -0.05) is 18.2 Å². The van der Waals surface area contributed by atoms with E-state index in [1.807, 2.05) is 18.2 Å². The van der Waals surface area contributed by atoms with Crippen LogP contribution < -0.4 is 0 Å². The number of nitrogens with zero attached hydrogens (tertiary/aromatic N) is 2. The average molecular weight is 228 g/mol. The molecule has 0 radical (unpaired) electrons. The van der Waals surface area contributed by atoms with Crippen LogP contribution >= 0.6 is 0 Å². The number of aliphatic imine (C=N–C) groups is 1. The van der Waals surface area contributed by atoms with Crippen LogP contribution in [0.25, 0.3) is 0 Å². The Morgan fingerprint density at radius 3 is 3.12 bits per heavy atom. The molecule has 88 valence electrons. The Bertz CT molecular complexity index is 493. The first-order chi connectivity index (χ1) is 8.25. The van der Waals surface area contributed by atoms with Crippen molar-refractivity contribution in [3.05, 3.63) is 29.8 Å². The molecule has 1 fully saturated rings. The van der Waals surface area contributed by atoms with E-state index >= 15 is 0 Å². The molecule has 1 atom stereocenters. The highest BCUT2D eigenvalue weighted by Crippen LogP contribution is 2.39. The molecule has 0 aliphatic carbocycles. The van der Waals surface area contributed by atoms with Crippen LogP contribution in [-0.2, 0) is 4.79 Å². The number of carbonyl (C=O) groups excluding carboxylic acids is 1. The number of para-hydroxylation sites is 1. The van der Waals surface area contributed by atoms with E-state index in [1.165, 1.54) is 5.56 Å². The minimum Gasteiger partial charge on any atom is -0.352 e. The van der Waals surface area contributed by atoms with Crippen LogP contribution in [0.5, 0.6) is 0 Å². The molecule has 3 rings (SSSR count). The third kappa shape index (κ3) is 1.75. The second-order valence-electron chi connectivity index (χ2n) is 4.81. The first-order valence-corrected chi connectivity index (χ1v) is 6.18. The normalized spacial score (nSPS) is 21.8. The highest BCUT2D eigenvalue weighted by molar-refractivity contribution is 5.90. The minimum absolute atomic E-state index is 0.207. The van der Waals surface area contributed by atoms with E-state index < -0.39 is 0 Å². The summed E-state index contributed by atoms with van der Waals surface area (Å²) in [5.41, 5.74) is 2.25. The third-order valence-electron chi connectivity index (χ3n) is 3.53. The van der Waals surface area contributed by atoms with Crippen LogP contribution in [0.2, 0.25) is 0 Å². The minimum atomic E-state index is 0.207. The van der Waals surface area contributed by atoms with E-state index in [0.717, 1.165) is 30.9 Å². The molecule has 0 saturated carbocycles. The van der Waals surface area contributed by atoms with Crippen molar-refractivity contribution in [2.24, 2.45) is 4.99 Å². The van der Waals surface area contributed by atoms with E-state index in [-0.39, 0.29) is 11.8 Å². The van der Waals surface area contributed by atoms with Crippen LogP contribution in [0.4, 0.5) is 5.69 Å². The van der Waals surface area contributed by atoms with Gasteiger partial charge in [0.1, 0.15) is 11.6 Å². The number of benzene rings is 1. The Morgan fingerprint density at radius 2 is 2.29 bits per heavy atom. The molecule has 0 N–H and O–H groups in total. The number of hydrogen-bond acceptors (Lipinski definition) is 3. The predicted octanol–water partition coefficient (Wildman–Crippen LogP) is 2.85. The van der Waals surface area contributed by atoms with Crippen molar-refractivity contribution in [2.45, 2.75) is 32.2 Å². The molecule has 1 aromatic carbocycles. The molecule has 0 spiro atoms. The van der Waals surface area contributed by atoms with Crippen LogP contribution in [0.3, 0.4) is 0 Å². The molecule has 2 heterocycles. The Balaban J connectivity index is 2.06. The predicted molar refractivity (Wildman–Crippen MR) is 67.5 cm³/mol. The maximum Gasteiger partial charge on any atom is 0.132 e. The van der Waals surface area contributed by atoms with Gasteiger partial charge < -0.3 is 4.90 Å². The summed E-state index contributed by atoms with van der Waals surface area (Å²) in [4.78, 5) is 18.4. The highest BCUT2D eigenvalue weighted by Gasteiger charge is 2.32. The van der Waals surface area contributed by atoms with Gasteiger partial charge in [-0.2, -0.15) is 0 Å². The van der Waals surface area contributed by atoms with Gasteiger partial charge in [0, 0.05) is 24.9 Å². The van der Waals surface area contributed by atoms with Crippen LogP contribution in [0.1, 0.15) is 37.8 Å². The Morgan fingerprint density at radius 1 is 1.47 bits per heavy atom. The topological polar surface area (TPSA) is 32.7 Å². The van der Waals surface area contributed by atoms with Gasteiger partial charge in [-0.05, 0) is 19.4 Å². The summed E-state index contributed by atoms with van der Waals surface area (Å²) in [6, 6.07) is 8.40. The Kier molecular flexibility index (Phi) is 2.46. The van der Waals surface area contributed by atoms with Crippen LogP contribution in [0.15, 0.2) is 29.3 Å². The summed E-state index contributed by atoms with van der Waals surface area (Å²) in [7, 11) is 0. The SMILES string of the molecule is CC(=O)C[C@@H]1c2ccccc2N=C2CCCN21. The zero-order chi connectivity index (χ0) is 11.8. The Hall–Kier alpha value is -1.64. The fourth-order valence-corrected chi connectivity index (χ4v) is 2.81. The van der Waals surface area contributed by atoms with Crippen molar-refractivity contribution in [3.63, 3.8) is 0 Å². The standard InChI is InChI=1S/C14H16N2O/c1-10(17)9-13-11-5-2-3-6-12(11)15-14-7-4-8-16(13)14/h2-3,5-6,13H,4,7-9H2,1H3/t13-/m1/s1. The summed E-state index contributed by atoms with van der Waals surface area (Å²) in [6.45, 7) is 2.70. The van der Waals surface area contributed by atoms with E-state index in [4.69, 9.17) is 4.99 Å². The lowest BCUT2D eigenvalue weighted by Crippen LogP contribution is -2.33. The van der Waals surface area contributed by atoms with Gasteiger partial charge in [0.15, 0.2) is 0 Å². The molecule has 0 unspecified atom stereocenters. The first kappa shape index (κ1) is 10.5. The summed E-state index contributed by atoms with van der Waals surface area (Å²) in [5.74, 6) is 1.41. The van der Waals surface area contributed by atoms with Crippen LogP contribution in [0, 0.1) is 0 Å². The van der Waals surface area contributed by atoms with Gasteiger partial charge in [0.2, 0.25) is 0 Å². The molecule has 1 aromatic rings.